The van der Waals surface area contributed by atoms with Crippen molar-refractivity contribution in [2.45, 2.75) is 44.9 Å². The van der Waals surface area contributed by atoms with Crippen molar-refractivity contribution in [1.82, 2.24) is 4.90 Å². The van der Waals surface area contributed by atoms with E-state index in [0.717, 1.165) is 57.2 Å². The summed E-state index contributed by atoms with van der Waals surface area (Å²) in [6.45, 7) is 1.60. The number of nitrogens with zero attached hydrogens (tertiary/aromatic N) is 1. The van der Waals surface area contributed by atoms with Gasteiger partial charge in [-0.3, -0.25) is 9.59 Å². The fourth-order valence-electron chi connectivity index (χ4n) is 3.86. The van der Waals surface area contributed by atoms with Crippen molar-refractivity contribution in [3.63, 3.8) is 0 Å². The third kappa shape index (κ3) is 5.25. The van der Waals surface area contributed by atoms with Crippen molar-refractivity contribution in [1.29, 1.82) is 0 Å². The van der Waals surface area contributed by atoms with Gasteiger partial charge in [0.05, 0.1) is 12.1 Å². The van der Waals surface area contributed by atoms with Crippen LogP contribution in [0.15, 0.2) is 29.8 Å². The van der Waals surface area contributed by atoms with Gasteiger partial charge >= 0.3 is 0 Å². The van der Waals surface area contributed by atoms with E-state index in [1.807, 2.05) is 4.90 Å². The van der Waals surface area contributed by atoms with E-state index in [1.165, 1.54) is 0 Å². The second-order valence-corrected chi connectivity index (χ2v) is 7.72. The summed E-state index contributed by atoms with van der Waals surface area (Å²) in [6, 6.07) is 5.20. The first-order chi connectivity index (χ1) is 13.1. The molecule has 2 aliphatic rings. The maximum atomic E-state index is 12.6. The molecule has 0 aromatic heterocycles. The first-order valence-corrected chi connectivity index (χ1v) is 10.1. The fourth-order valence-corrected chi connectivity index (χ4v) is 4.11. The molecule has 0 saturated carbocycles. The molecule has 146 valence electrons. The number of amides is 2. The van der Waals surface area contributed by atoms with Crippen LogP contribution >= 0.6 is 11.6 Å². The number of hydrogen-bond acceptors (Lipinski definition) is 3. The summed E-state index contributed by atoms with van der Waals surface area (Å²) in [4.78, 5) is 26.8. The highest BCUT2D eigenvalue weighted by atomic mass is 35.5. The van der Waals surface area contributed by atoms with E-state index in [-0.39, 0.29) is 11.8 Å². The monoisotopic (exact) mass is 390 g/mol. The molecule has 3 rings (SSSR count). The lowest BCUT2D eigenvalue weighted by Crippen LogP contribution is -2.40. The van der Waals surface area contributed by atoms with Crippen LogP contribution in [-0.2, 0) is 9.59 Å². The van der Waals surface area contributed by atoms with Gasteiger partial charge in [-0.15, -0.1) is 0 Å². The number of allylic oxidation sites excluding steroid dienone is 1. The predicted octanol–water partition coefficient (Wildman–Crippen LogP) is 4.42. The average Bonchev–Trinajstić information content (AvgIpc) is 3.21. The Labute approximate surface area is 165 Å². The van der Waals surface area contributed by atoms with E-state index in [9.17, 15) is 9.59 Å². The Morgan fingerprint density at radius 3 is 2.89 bits per heavy atom. The van der Waals surface area contributed by atoms with Crippen molar-refractivity contribution < 1.29 is 14.3 Å². The van der Waals surface area contributed by atoms with Gasteiger partial charge in [0.1, 0.15) is 5.75 Å². The van der Waals surface area contributed by atoms with Gasteiger partial charge in [-0.25, -0.2) is 0 Å². The van der Waals surface area contributed by atoms with Crippen molar-refractivity contribution in [2.75, 3.05) is 25.5 Å². The van der Waals surface area contributed by atoms with E-state index in [1.54, 1.807) is 25.3 Å². The van der Waals surface area contributed by atoms with E-state index in [2.05, 4.69) is 11.4 Å². The summed E-state index contributed by atoms with van der Waals surface area (Å²) in [5.74, 6) is 1.14. The van der Waals surface area contributed by atoms with Crippen LogP contribution in [0, 0.1) is 5.92 Å². The summed E-state index contributed by atoms with van der Waals surface area (Å²) in [7, 11) is 1.56. The van der Waals surface area contributed by atoms with Gasteiger partial charge in [-0.05, 0) is 62.6 Å². The number of anilines is 1. The van der Waals surface area contributed by atoms with Gasteiger partial charge in [-0.2, -0.15) is 0 Å². The quantitative estimate of drug-likeness (QED) is 0.782. The Hall–Kier alpha value is -2.01. The van der Waals surface area contributed by atoms with Crippen LogP contribution in [0.1, 0.15) is 44.9 Å². The summed E-state index contributed by atoms with van der Waals surface area (Å²) in [5, 5.41) is 3.35. The average molecular weight is 391 g/mol. The molecule has 1 aromatic rings. The molecular weight excluding hydrogens is 364 g/mol. The number of piperidine rings is 1. The highest BCUT2D eigenvalue weighted by molar-refractivity contribution is 6.32. The van der Waals surface area contributed by atoms with Crippen LogP contribution in [0.25, 0.3) is 0 Å². The first-order valence-electron chi connectivity index (χ1n) is 9.68. The highest BCUT2D eigenvalue weighted by Gasteiger charge is 2.26. The summed E-state index contributed by atoms with van der Waals surface area (Å²) >= 11 is 6.09. The third-order valence-corrected chi connectivity index (χ3v) is 5.63. The van der Waals surface area contributed by atoms with Gasteiger partial charge in [0.15, 0.2) is 0 Å². The minimum absolute atomic E-state index is 0.0295. The summed E-state index contributed by atoms with van der Waals surface area (Å²) in [5.41, 5.74) is 1.64. The molecule has 1 aliphatic heterocycles. The zero-order valence-electron chi connectivity index (χ0n) is 15.8. The molecule has 1 aromatic carbocycles. The second kappa shape index (κ2) is 9.27. The molecule has 0 radical (unpaired) electrons. The normalized spacial score (nSPS) is 19.6. The molecule has 1 N–H and O–H groups in total. The maximum absolute atomic E-state index is 12.6. The number of carbonyl (C=O) groups excluding carboxylic acids is 2. The Balaban J connectivity index is 1.47. The highest BCUT2D eigenvalue weighted by Crippen LogP contribution is 2.28. The van der Waals surface area contributed by atoms with Crippen LogP contribution in [-0.4, -0.2) is 36.9 Å². The lowest BCUT2D eigenvalue weighted by atomic mass is 9.92. The molecule has 0 spiro atoms. The van der Waals surface area contributed by atoms with E-state index < -0.39 is 0 Å². The number of methoxy groups -OCH3 is 1. The fraction of sp³-hybridized carbons (Fsp3) is 0.524. The van der Waals surface area contributed by atoms with Gasteiger partial charge in [-0.1, -0.05) is 17.7 Å². The summed E-state index contributed by atoms with van der Waals surface area (Å²) in [6.07, 6.45) is 8.43. The van der Waals surface area contributed by atoms with Gasteiger partial charge in [0.2, 0.25) is 11.8 Å². The number of halogens is 1. The van der Waals surface area contributed by atoms with Crippen molar-refractivity contribution in [3.05, 3.63) is 34.9 Å². The number of likely N-dealkylation sites (tertiary alicyclic amines) is 1. The zero-order valence-corrected chi connectivity index (χ0v) is 16.6. The molecule has 1 saturated heterocycles. The van der Waals surface area contributed by atoms with E-state index >= 15 is 0 Å². The molecule has 27 heavy (non-hydrogen) atoms. The minimum Gasteiger partial charge on any atom is -0.495 e. The standard InChI is InChI=1S/C21H27ClN2O3/c1-27-19-10-9-17(13-18(19)22)23-20(25)11-8-15-5-4-12-24(14-15)21(26)16-6-2-3-7-16/h6,9-10,13,15H,2-5,7-8,11-12,14H2,1H3,(H,23,25)/t15-/m1/s1. The molecule has 1 fully saturated rings. The maximum Gasteiger partial charge on any atom is 0.249 e. The molecule has 0 unspecified atom stereocenters. The smallest absolute Gasteiger partial charge is 0.249 e. The SMILES string of the molecule is COc1ccc(NC(=O)CC[C@H]2CCCN(C(=O)C3=CCCC3)C2)cc1Cl. The zero-order chi connectivity index (χ0) is 19.2. The predicted molar refractivity (Wildman–Crippen MR) is 107 cm³/mol. The number of rotatable bonds is 6. The molecule has 6 heteroatoms. The van der Waals surface area contributed by atoms with E-state index in [4.69, 9.17) is 16.3 Å². The van der Waals surface area contributed by atoms with Crippen LogP contribution < -0.4 is 10.1 Å². The molecule has 1 atom stereocenters. The van der Waals surface area contributed by atoms with Gasteiger partial charge in [0, 0.05) is 30.8 Å². The molecule has 0 bridgehead atoms. The lowest BCUT2D eigenvalue weighted by molar-refractivity contribution is -0.129. The molecule has 1 heterocycles. The van der Waals surface area contributed by atoms with Crippen molar-refractivity contribution in [3.8, 4) is 5.75 Å². The van der Waals surface area contributed by atoms with Crippen LogP contribution in [0.4, 0.5) is 5.69 Å². The lowest BCUT2D eigenvalue weighted by Gasteiger charge is -2.33. The number of hydrogen-bond donors (Lipinski definition) is 1. The van der Waals surface area contributed by atoms with Crippen LogP contribution in [0.5, 0.6) is 5.75 Å². The first kappa shape index (κ1) is 19.7. The number of carbonyl (C=O) groups is 2. The molecular formula is C21H27ClN2O3. The topological polar surface area (TPSA) is 58.6 Å². The van der Waals surface area contributed by atoms with Crippen LogP contribution in [0.2, 0.25) is 5.02 Å². The van der Waals surface area contributed by atoms with Crippen LogP contribution in [0.3, 0.4) is 0 Å². The number of ether oxygens (including phenoxy) is 1. The number of benzene rings is 1. The number of nitrogens with one attached hydrogen (secondary N) is 1. The Morgan fingerprint density at radius 2 is 2.19 bits per heavy atom. The third-order valence-electron chi connectivity index (χ3n) is 5.34. The Kier molecular flexibility index (Phi) is 6.78. The van der Waals surface area contributed by atoms with E-state index in [0.29, 0.717) is 28.8 Å². The molecule has 5 nitrogen and oxygen atoms in total. The van der Waals surface area contributed by atoms with Crippen molar-refractivity contribution >= 4 is 29.1 Å². The molecule has 1 aliphatic carbocycles. The largest absolute Gasteiger partial charge is 0.495 e. The van der Waals surface area contributed by atoms with Gasteiger partial charge < -0.3 is 15.0 Å². The van der Waals surface area contributed by atoms with Crippen molar-refractivity contribution in [2.24, 2.45) is 5.92 Å². The molecule has 2 amide bonds. The summed E-state index contributed by atoms with van der Waals surface area (Å²) < 4.78 is 5.12. The Bertz CT molecular complexity index is 732. The minimum atomic E-state index is -0.0295. The Morgan fingerprint density at radius 1 is 1.33 bits per heavy atom. The van der Waals surface area contributed by atoms with Gasteiger partial charge in [0.25, 0.3) is 0 Å². The second-order valence-electron chi connectivity index (χ2n) is 7.32.